The van der Waals surface area contributed by atoms with Crippen molar-refractivity contribution in [3.8, 4) is 0 Å². The van der Waals surface area contributed by atoms with Gasteiger partial charge in [0.15, 0.2) is 0 Å². The van der Waals surface area contributed by atoms with Crippen LogP contribution in [0.2, 0.25) is 0 Å². The molecule has 2 N–H and O–H groups in total. The van der Waals surface area contributed by atoms with E-state index in [1.165, 1.54) is 0 Å². The van der Waals surface area contributed by atoms with Crippen LogP contribution >= 0.6 is 0 Å². The molecule has 1 unspecified atom stereocenters. The minimum atomic E-state index is -0.860. The number of hydrogen-bond donors (Lipinski definition) is 2. The molecule has 0 amide bonds. The highest BCUT2D eigenvalue weighted by Crippen LogP contribution is 1.97. The molecule has 1 heterocycles. The van der Waals surface area contributed by atoms with E-state index in [4.69, 9.17) is 5.11 Å². The molecule has 14 heavy (non-hydrogen) atoms. The molecule has 0 aliphatic heterocycles. The SMILES string of the molecule is C=Cn1cc(CNC(C)C(=O)O)cn1. The summed E-state index contributed by atoms with van der Waals surface area (Å²) >= 11 is 0. The average molecular weight is 195 g/mol. The summed E-state index contributed by atoms with van der Waals surface area (Å²) in [7, 11) is 0. The lowest BCUT2D eigenvalue weighted by Crippen LogP contribution is -2.32. The zero-order valence-electron chi connectivity index (χ0n) is 7.97. The summed E-state index contributed by atoms with van der Waals surface area (Å²) in [6.07, 6.45) is 5.03. The van der Waals surface area contributed by atoms with Gasteiger partial charge in [-0.25, -0.2) is 4.68 Å². The lowest BCUT2D eigenvalue weighted by atomic mass is 10.3. The first-order chi connectivity index (χ1) is 6.63. The monoisotopic (exact) mass is 195 g/mol. The van der Waals surface area contributed by atoms with E-state index in [0.29, 0.717) is 6.54 Å². The van der Waals surface area contributed by atoms with Gasteiger partial charge in [-0.3, -0.25) is 4.79 Å². The van der Waals surface area contributed by atoms with Crippen LogP contribution in [0.15, 0.2) is 19.0 Å². The first kappa shape index (κ1) is 10.5. The second kappa shape index (κ2) is 4.57. The third-order valence-electron chi connectivity index (χ3n) is 1.82. The largest absolute Gasteiger partial charge is 0.480 e. The van der Waals surface area contributed by atoms with Crippen LogP contribution in [0.3, 0.4) is 0 Å². The van der Waals surface area contributed by atoms with Gasteiger partial charge in [-0.2, -0.15) is 5.10 Å². The summed E-state index contributed by atoms with van der Waals surface area (Å²) < 4.78 is 1.57. The van der Waals surface area contributed by atoms with Crippen molar-refractivity contribution in [2.24, 2.45) is 0 Å². The fourth-order valence-corrected chi connectivity index (χ4v) is 0.927. The summed E-state index contributed by atoms with van der Waals surface area (Å²) in [5.41, 5.74) is 0.929. The maximum atomic E-state index is 10.5. The van der Waals surface area contributed by atoms with E-state index in [9.17, 15) is 4.79 Å². The van der Waals surface area contributed by atoms with Gasteiger partial charge in [0.05, 0.1) is 6.20 Å². The van der Waals surface area contributed by atoms with Crippen LogP contribution in [0.25, 0.3) is 6.20 Å². The van der Waals surface area contributed by atoms with Gasteiger partial charge >= 0.3 is 5.97 Å². The van der Waals surface area contributed by atoms with E-state index in [1.54, 1.807) is 30.2 Å². The highest BCUT2D eigenvalue weighted by atomic mass is 16.4. The summed E-state index contributed by atoms with van der Waals surface area (Å²) in [5.74, 6) is -0.860. The number of hydrogen-bond acceptors (Lipinski definition) is 3. The Morgan fingerprint density at radius 3 is 3.14 bits per heavy atom. The Morgan fingerprint density at radius 2 is 2.64 bits per heavy atom. The molecule has 1 aromatic rings. The van der Waals surface area contributed by atoms with E-state index >= 15 is 0 Å². The number of rotatable bonds is 5. The topological polar surface area (TPSA) is 67.2 Å². The molecule has 0 aliphatic rings. The zero-order chi connectivity index (χ0) is 10.6. The summed E-state index contributed by atoms with van der Waals surface area (Å²) in [6, 6.07) is -0.554. The number of nitrogens with one attached hydrogen (secondary N) is 1. The Balaban J connectivity index is 2.45. The summed E-state index contributed by atoms with van der Waals surface area (Å²) in [4.78, 5) is 10.5. The zero-order valence-corrected chi connectivity index (χ0v) is 7.97. The quantitative estimate of drug-likeness (QED) is 0.719. The van der Waals surface area contributed by atoms with Crippen LogP contribution in [0, 0.1) is 0 Å². The van der Waals surface area contributed by atoms with Crippen molar-refractivity contribution in [2.75, 3.05) is 0 Å². The molecule has 0 spiro atoms. The molecule has 0 aliphatic carbocycles. The molecule has 0 bridgehead atoms. The predicted molar refractivity (Wildman–Crippen MR) is 52.6 cm³/mol. The van der Waals surface area contributed by atoms with Gasteiger partial charge in [0, 0.05) is 24.5 Å². The normalized spacial score (nSPS) is 12.4. The van der Waals surface area contributed by atoms with Gasteiger partial charge in [0.2, 0.25) is 0 Å². The minimum absolute atomic E-state index is 0.487. The van der Waals surface area contributed by atoms with Crippen molar-refractivity contribution < 1.29 is 9.90 Å². The maximum absolute atomic E-state index is 10.5. The predicted octanol–water partition coefficient (Wildman–Crippen LogP) is 0.546. The Morgan fingerprint density at radius 1 is 1.93 bits per heavy atom. The Hall–Kier alpha value is -1.62. The third-order valence-corrected chi connectivity index (χ3v) is 1.82. The molecular weight excluding hydrogens is 182 g/mol. The number of carboxylic acid groups (broad SMARTS) is 1. The Bertz CT molecular complexity index is 333. The number of carbonyl (C=O) groups is 1. The van der Waals surface area contributed by atoms with Crippen LogP contribution in [-0.2, 0) is 11.3 Å². The molecule has 76 valence electrons. The lowest BCUT2D eigenvalue weighted by molar-refractivity contribution is -0.139. The van der Waals surface area contributed by atoms with E-state index in [2.05, 4.69) is 17.0 Å². The number of aromatic nitrogens is 2. The van der Waals surface area contributed by atoms with Crippen molar-refractivity contribution in [3.63, 3.8) is 0 Å². The average Bonchev–Trinajstić information content (AvgIpc) is 2.61. The van der Waals surface area contributed by atoms with Gasteiger partial charge in [0.1, 0.15) is 6.04 Å². The molecule has 5 nitrogen and oxygen atoms in total. The van der Waals surface area contributed by atoms with E-state index < -0.39 is 12.0 Å². The highest BCUT2D eigenvalue weighted by molar-refractivity contribution is 5.72. The fourth-order valence-electron chi connectivity index (χ4n) is 0.927. The van der Waals surface area contributed by atoms with Gasteiger partial charge < -0.3 is 10.4 Å². The van der Waals surface area contributed by atoms with Crippen molar-refractivity contribution >= 4 is 12.2 Å². The van der Waals surface area contributed by atoms with Crippen LogP contribution < -0.4 is 5.32 Å². The lowest BCUT2D eigenvalue weighted by Gasteiger charge is -2.06. The molecule has 0 fully saturated rings. The molecule has 0 aromatic carbocycles. The smallest absolute Gasteiger partial charge is 0.320 e. The fraction of sp³-hybridized carbons (Fsp3) is 0.333. The highest BCUT2D eigenvalue weighted by Gasteiger charge is 2.09. The number of aliphatic carboxylic acids is 1. The second-order valence-corrected chi connectivity index (χ2v) is 2.95. The maximum Gasteiger partial charge on any atom is 0.320 e. The van der Waals surface area contributed by atoms with Gasteiger partial charge in [-0.15, -0.1) is 0 Å². The molecule has 5 heteroatoms. The van der Waals surface area contributed by atoms with Crippen molar-refractivity contribution in [1.82, 2.24) is 15.1 Å². The van der Waals surface area contributed by atoms with Crippen molar-refractivity contribution in [1.29, 1.82) is 0 Å². The molecule has 0 saturated carbocycles. The minimum Gasteiger partial charge on any atom is -0.480 e. The van der Waals surface area contributed by atoms with Crippen LogP contribution in [-0.4, -0.2) is 26.9 Å². The first-order valence-corrected chi connectivity index (χ1v) is 4.25. The summed E-state index contributed by atoms with van der Waals surface area (Å²) in [6.45, 7) is 5.64. The van der Waals surface area contributed by atoms with E-state index in [0.717, 1.165) is 5.56 Å². The van der Waals surface area contributed by atoms with Crippen LogP contribution in [0.1, 0.15) is 12.5 Å². The van der Waals surface area contributed by atoms with E-state index in [1.807, 2.05) is 0 Å². The van der Waals surface area contributed by atoms with Gasteiger partial charge in [0.25, 0.3) is 0 Å². The number of carboxylic acids is 1. The standard InChI is InChI=1S/C9H13N3O2/c1-3-12-6-8(5-11-12)4-10-7(2)9(13)14/h3,5-7,10H,1,4H2,2H3,(H,13,14). The van der Waals surface area contributed by atoms with Crippen LogP contribution in [0.4, 0.5) is 0 Å². The van der Waals surface area contributed by atoms with Crippen LogP contribution in [0.5, 0.6) is 0 Å². The molecular formula is C9H13N3O2. The molecule has 1 aromatic heterocycles. The Labute approximate surface area is 82.0 Å². The van der Waals surface area contributed by atoms with Gasteiger partial charge in [-0.1, -0.05) is 6.58 Å². The molecule has 0 saturated heterocycles. The number of nitrogens with zero attached hydrogens (tertiary/aromatic N) is 2. The first-order valence-electron chi connectivity index (χ1n) is 4.25. The van der Waals surface area contributed by atoms with E-state index in [-0.39, 0.29) is 0 Å². The third kappa shape index (κ3) is 2.70. The molecule has 1 atom stereocenters. The molecule has 1 rings (SSSR count). The van der Waals surface area contributed by atoms with Gasteiger partial charge in [-0.05, 0) is 6.92 Å². The van der Waals surface area contributed by atoms with Crippen molar-refractivity contribution in [2.45, 2.75) is 19.5 Å². The summed E-state index contributed by atoms with van der Waals surface area (Å²) in [5, 5.41) is 15.4. The second-order valence-electron chi connectivity index (χ2n) is 2.95. The molecule has 0 radical (unpaired) electrons. The Kier molecular flexibility index (Phi) is 3.41. The van der Waals surface area contributed by atoms with Crippen molar-refractivity contribution in [3.05, 3.63) is 24.5 Å².